The van der Waals surface area contributed by atoms with Crippen LogP contribution >= 0.6 is 0 Å². The molecule has 1 aliphatic heterocycles. The summed E-state index contributed by atoms with van der Waals surface area (Å²) >= 11 is 0. The summed E-state index contributed by atoms with van der Waals surface area (Å²) in [6, 6.07) is 19.1. The van der Waals surface area contributed by atoms with Gasteiger partial charge >= 0.3 is 0 Å². The van der Waals surface area contributed by atoms with Crippen LogP contribution in [-0.2, 0) is 4.79 Å². The average molecular weight is 374 g/mol. The first kappa shape index (κ1) is 18.0. The van der Waals surface area contributed by atoms with Gasteiger partial charge in [-0.3, -0.25) is 9.59 Å². The summed E-state index contributed by atoms with van der Waals surface area (Å²) in [6.45, 7) is 3.06. The molecule has 2 amide bonds. The highest BCUT2D eigenvalue weighted by molar-refractivity contribution is 6.25. The van der Waals surface area contributed by atoms with Crippen LogP contribution < -0.4 is 15.0 Å². The molecular formula is C23H22N2O3. The molecule has 0 aliphatic carbocycles. The van der Waals surface area contributed by atoms with Crippen molar-refractivity contribution in [2.24, 2.45) is 0 Å². The number of anilines is 2. The van der Waals surface area contributed by atoms with E-state index < -0.39 is 0 Å². The van der Waals surface area contributed by atoms with E-state index in [2.05, 4.69) is 5.32 Å². The van der Waals surface area contributed by atoms with Crippen LogP contribution in [0.4, 0.5) is 11.4 Å². The molecule has 1 heterocycles. The van der Waals surface area contributed by atoms with Crippen molar-refractivity contribution >= 4 is 34.0 Å². The molecule has 5 nitrogen and oxygen atoms in total. The Labute approximate surface area is 163 Å². The van der Waals surface area contributed by atoms with Crippen molar-refractivity contribution in [3.63, 3.8) is 0 Å². The van der Waals surface area contributed by atoms with E-state index in [1.807, 2.05) is 67.6 Å². The molecule has 0 spiro atoms. The number of hydrogen-bond acceptors (Lipinski definition) is 3. The van der Waals surface area contributed by atoms with Gasteiger partial charge in [-0.05, 0) is 55.1 Å². The van der Waals surface area contributed by atoms with Crippen LogP contribution in [0.5, 0.6) is 5.75 Å². The summed E-state index contributed by atoms with van der Waals surface area (Å²) in [5.41, 5.74) is 2.42. The number of benzene rings is 3. The van der Waals surface area contributed by atoms with Gasteiger partial charge < -0.3 is 15.0 Å². The molecule has 0 atom stereocenters. The standard InChI is InChI=1S/C23H22N2O3/c1-2-28-18-13-11-17(12-14-18)24-21(26)10-5-15-25-20-9-4-7-16-6-3-8-19(22(16)20)23(25)27/h3-4,6-9,11-14H,2,5,10,15H2,1H3,(H,24,26). The molecule has 4 rings (SSSR count). The maximum absolute atomic E-state index is 12.7. The lowest BCUT2D eigenvalue weighted by Crippen LogP contribution is -2.28. The van der Waals surface area contributed by atoms with Gasteiger partial charge in [0.2, 0.25) is 5.91 Å². The van der Waals surface area contributed by atoms with Crippen molar-refractivity contribution in [1.82, 2.24) is 0 Å². The second-order valence-electron chi connectivity index (χ2n) is 6.75. The first-order valence-electron chi connectivity index (χ1n) is 9.53. The smallest absolute Gasteiger partial charge is 0.258 e. The molecule has 0 bridgehead atoms. The maximum atomic E-state index is 12.7. The summed E-state index contributed by atoms with van der Waals surface area (Å²) in [5, 5.41) is 4.96. The average Bonchev–Trinajstić information content (AvgIpc) is 2.98. The zero-order valence-electron chi connectivity index (χ0n) is 15.8. The van der Waals surface area contributed by atoms with Crippen molar-refractivity contribution in [1.29, 1.82) is 0 Å². The predicted molar refractivity (Wildman–Crippen MR) is 111 cm³/mol. The zero-order valence-corrected chi connectivity index (χ0v) is 15.8. The van der Waals surface area contributed by atoms with Crippen molar-refractivity contribution in [2.75, 3.05) is 23.4 Å². The number of amides is 2. The van der Waals surface area contributed by atoms with E-state index in [4.69, 9.17) is 4.74 Å². The summed E-state index contributed by atoms with van der Waals surface area (Å²) in [7, 11) is 0. The lowest BCUT2D eigenvalue weighted by Gasteiger charge is -2.17. The SMILES string of the molecule is CCOc1ccc(NC(=O)CCCN2C(=O)c3cccc4cccc2c34)cc1. The number of rotatable bonds is 7. The molecule has 3 aromatic carbocycles. The van der Waals surface area contributed by atoms with Gasteiger partial charge in [0.25, 0.3) is 5.91 Å². The number of nitrogens with one attached hydrogen (secondary N) is 1. The van der Waals surface area contributed by atoms with Crippen molar-refractivity contribution < 1.29 is 14.3 Å². The van der Waals surface area contributed by atoms with Crippen LogP contribution in [0.2, 0.25) is 0 Å². The molecule has 0 unspecified atom stereocenters. The first-order chi connectivity index (χ1) is 13.7. The Morgan fingerprint density at radius 2 is 1.79 bits per heavy atom. The van der Waals surface area contributed by atoms with Crippen molar-refractivity contribution in [3.05, 3.63) is 66.2 Å². The Hall–Kier alpha value is -3.34. The van der Waals surface area contributed by atoms with Crippen LogP contribution in [0.3, 0.4) is 0 Å². The summed E-state index contributed by atoms with van der Waals surface area (Å²) in [5.74, 6) is 0.729. The van der Waals surface area contributed by atoms with Gasteiger partial charge in [-0.1, -0.05) is 24.3 Å². The number of carbonyl (C=O) groups is 2. The van der Waals surface area contributed by atoms with E-state index in [0.717, 1.165) is 33.5 Å². The topological polar surface area (TPSA) is 58.6 Å². The monoisotopic (exact) mass is 374 g/mol. The minimum Gasteiger partial charge on any atom is -0.494 e. The van der Waals surface area contributed by atoms with E-state index in [0.29, 0.717) is 26.0 Å². The zero-order chi connectivity index (χ0) is 19.5. The van der Waals surface area contributed by atoms with Gasteiger partial charge in [-0.25, -0.2) is 0 Å². The van der Waals surface area contributed by atoms with Crippen LogP contribution in [0.1, 0.15) is 30.1 Å². The molecule has 0 aromatic heterocycles. The second kappa shape index (κ2) is 7.72. The van der Waals surface area contributed by atoms with Gasteiger partial charge in [-0.2, -0.15) is 0 Å². The quantitative estimate of drug-likeness (QED) is 0.657. The first-order valence-corrected chi connectivity index (χ1v) is 9.53. The highest BCUT2D eigenvalue weighted by atomic mass is 16.5. The molecule has 1 aliphatic rings. The Morgan fingerprint density at radius 1 is 1.04 bits per heavy atom. The Morgan fingerprint density at radius 3 is 2.54 bits per heavy atom. The van der Waals surface area contributed by atoms with E-state index in [-0.39, 0.29) is 11.8 Å². The minimum atomic E-state index is -0.0634. The van der Waals surface area contributed by atoms with E-state index in [9.17, 15) is 9.59 Å². The molecule has 0 radical (unpaired) electrons. The highest BCUT2D eigenvalue weighted by Crippen LogP contribution is 2.37. The fraction of sp³-hybridized carbons (Fsp3) is 0.217. The van der Waals surface area contributed by atoms with E-state index >= 15 is 0 Å². The molecular weight excluding hydrogens is 352 g/mol. The number of nitrogens with zero attached hydrogens (tertiary/aromatic N) is 1. The lowest BCUT2D eigenvalue weighted by atomic mass is 10.1. The molecule has 5 heteroatoms. The third kappa shape index (κ3) is 3.43. The van der Waals surface area contributed by atoms with Crippen LogP contribution in [0, 0.1) is 0 Å². The molecule has 0 fully saturated rings. The van der Waals surface area contributed by atoms with Gasteiger partial charge in [0, 0.05) is 29.6 Å². The van der Waals surface area contributed by atoms with Gasteiger partial charge in [0.15, 0.2) is 0 Å². The predicted octanol–water partition coefficient (Wildman–Crippen LogP) is 4.62. The van der Waals surface area contributed by atoms with Gasteiger partial charge in [-0.15, -0.1) is 0 Å². The van der Waals surface area contributed by atoms with Crippen molar-refractivity contribution in [3.8, 4) is 5.75 Å². The Balaban J connectivity index is 1.35. The minimum absolute atomic E-state index is 0.0127. The molecule has 142 valence electrons. The highest BCUT2D eigenvalue weighted by Gasteiger charge is 2.28. The second-order valence-corrected chi connectivity index (χ2v) is 6.75. The van der Waals surface area contributed by atoms with Gasteiger partial charge in [0.1, 0.15) is 5.75 Å². The van der Waals surface area contributed by atoms with E-state index in [1.165, 1.54) is 0 Å². The molecule has 0 saturated heterocycles. The summed E-state index contributed by atoms with van der Waals surface area (Å²) in [6.07, 6.45) is 0.947. The summed E-state index contributed by atoms with van der Waals surface area (Å²) < 4.78 is 5.40. The van der Waals surface area contributed by atoms with Crippen LogP contribution in [0.25, 0.3) is 10.8 Å². The lowest BCUT2D eigenvalue weighted by molar-refractivity contribution is -0.116. The van der Waals surface area contributed by atoms with Crippen LogP contribution in [0.15, 0.2) is 60.7 Å². The normalized spacial score (nSPS) is 12.5. The van der Waals surface area contributed by atoms with Crippen molar-refractivity contribution in [2.45, 2.75) is 19.8 Å². The molecule has 28 heavy (non-hydrogen) atoms. The maximum Gasteiger partial charge on any atom is 0.258 e. The third-order valence-electron chi connectivity index (χ3n) is 4.88. The molecule has 0 saturated carbocycles. The van der Waals surface area contributed by atoms with Gasteiger partial charge in [0.05, 0.1) is 12.3 Å². The fourth-order valence-corrected chi connectivity index (χ4v) is 3.62. The largest absolute Gasteiger partial charge is 0.494 e. The molecule has 3 aromatic rings. The summed E-state index contributed by atoms with van der Waals surface area (Å²) in [4.78, 5) is 26.8. The number of ether oxygens (including phenoxy) is 1. The third-order valence-corrected chi connectivity index (χ3v) is 4.88. The van der Waals surface area contributed by atoms with Crippen LogP contribution in [-0.4, -0.2) is 25.0 Å². The Kier molecular flexibility index (Phi) is 4.98. The Bertz CT molecular complexity index is 1020. The number of carbonyl (C=O) groups excluding carboxylic acids is 2. The fourth-order valence-electron chi connectivity index (χ4n) is 3.62. The molecule has 1 N–H and O–H groups in total. The van der Waals surface area contributed by atoms with E-state index in [1.54, 1.807) is 4.90 Å². The number of hydrogen-bond donors (Lipinski definition) is 1.